The number of aliphatic hydroxyl groups is 2. The molecule has 38 heavy (non-hydrogen) atoms. The Kier molecular flexibility index (Phi) is 9.10. The van der Waals surface area contributed by atoms with Crippen LogP contribution < -0.4 is 0 Å². The molecule has 2 aromatic carbocycles. The molecular weight excluding hydrogens is 540 g/mol. The highest BCUT2D eigenvalue weighted by atomic mass is 35.5. The van der Waals surface area contributed by atoms with E-state index in [1.807, 2.05) is 4.90 Å². The number of benzene rings is 2. The average molecular weight is 571 g/mol. The number of halogens is 5. The number of allylic oxidation sites excluding steroid dienone is 1. The predicted octanol–water partition coefficient (Wildman–Crippen LogP) is 5.78. The summed E-state index contributed by atoms with van der Waals surface area (Å²) in [5.74, 6) is -0.0282. The van der Waals surface area contributed by atoms with Gasteiger partial charge in [-0.2, -0.15) is 13.2 Å². The zero-order valence-electron chi connectivity index (χ0n) is 20.8. The first-order chi connectivity index (χ1) is 17.9. The van der Waals surface area contributed by atoms with Gasteiger partial charge in [-0.3, -0.25) is 4.79 Å². The van der Waals surface area contributed by atoms with Crippen molar-refractivity contribution in [3.8, 4) is 0 Å². The molecule has 0 bridgehead atoms. The molecule has 4 rings (SSSR count). The molecular formula is C28H31Cl2F3N2O3. The van der Waals surface area contributed by atoms with Crippen molar-refractivity contribution in [2.24, 2.45) is 0 Å². The van der Waals surface area contributed by atoms with Crippen LogP contribution in [-0.2, 0) is 6.18 Å². The highest BCUT2D eigenvalue weighted by Gasteiger charge is 2.39. The van der Waals surface area contributed by atoms with Crippen molar-refractivity contribution < 1.29 is 28.2 Å². The molecule has 1 unspecified atom stereocenters. The number of ketones is 1. The van der Waals surface area contributed by atoms with Crippen molar-refractivity contribution in [3.63, 3.8) is 0 Å². The molecule has 0 saturated carbocycles. The van der Waals surface area contributed by atoms with Crippen LogP contribution in [0.3, 0.4) is 0 Å². The molecule has 2 heterocycles. The zero-order chi connectivity index (χ0) is 27.5. The first-order valence-corrected chi connectivity index (χ1v) is 13.4. The van der Waals surface area contributed by atoms with E-state index in [9.17, 15) is 28.2 Å². The topological polar surface area (TPSA) is 64.0 Å². The van der Waals surface area contributed by atoms with E-state index >= 15 is 0 Å². The number of carbonyl (C=O) groups is 1. The summed E-state index contributed by atoms with van der Waals surface area (Å²) in [4.78, 5) is 16.5. The molecule has 0 spiro atoms. The first-order valence-electron chi connectivity index (χ1n) is 12.7. The molecule has 2 aliphatic heterocycles. The van der Waals surface area contributed by atoms with Crippen LogP contribution in [0.2, 0.25) is 10.0 Å². The Morgan fingerprint density at radius 2 is 1.66 bits per heavy atom. The highest BCUT2D eigenvalue weighted by Crippen LogP contribution is 2.34. The van der Waals surface area contributed by atoms with E-state index in [4.69, 9.17) is 23.2 Å². The minimum absolute atomic E-state index is 0.176. The molecule has 0 aliphatic carbocycles. The van der Waals surface area contributed by atoms with Crippen molar-refractivity contribution in [1.82, 2.24) is 9.80 Å². The summed E-state index contributed by atoms with van der Waals surface area (Å²) in [5.41, 5.74) is -0.534. The third-order valence-corrected chi connectivity index (χ3v) is 8.39. The molecule has 1 atom stereocenters. The van der Waals surface area contributed by atoms with Gasteiger partial charge in [0.2, 0.25) is 0 Å². The Bertz CT molecular complexity index is 1140. The largest absolute Gasteiger partial charge is 0.416 e. The van der Waals surface area contributed by atoms with Crippen LogP contribution in [0, 0.1) is 0 Å². The molecule has 2 N–H and O–H groups in total. The van der Waals surface area contributed by atoms with Crippen LogP contribution in [0.1, 0.15) is 53.1 Å². The number of nitrogens with zero attached hydrogens (tertiary/aromatic N) is 2. The molecule has 5 nitrogen and oxygen atoms in total. The van der Waals surface area contributed by atoms with Crippen LogP contribution in [0.5, 0.6) is 0 Å². The predicted molar refractivity (Wildman–Crippen MR) is 142 cm³/mol. The van der Waals surface area contributed by atoms with Gasteiger partial charge in [-0.05, 0) is 80.6 Å². The maximum absolute atomic E-state index is 12.8. The van der Waals surface area contributed by atoms with Gasteiger partial charge in [0.1, 0.15) is 0 Å². The molecule has 2 aromatic rings. The standard InChI is InChI=1S/C28H31Cl2F3N2O3/c29-23-6-3-21(17-24(23)30)25(36)9-14-34-15-10-27(38,11-16-34)26(37)18-35-12-7-20(8-13-35)19-1-4-22(5-2-19)28(31,32)33/h1-6,9,14,17,20,26,37-38H,7-8,10-13,15-16,18H2. The third kappa shape index (κ3) is 7.10. The highest BCUT2D eigenvalue weighted by molar-refractivity contribution is 6.42. The summed E-state index contributed by atoms with van der Waals surface area (Å²) in [7, 11) is 0. The Morgan fingerprint density at radius 3 is 2.24 bits per heavy atom. The van der Waals surface area contributed by atoms with Crippen LogP contribution >= 0.6 is 23.2 Å². The lowest BCUT2D eigenvalue weighted by Crippen LogP contribution is -2.54. The fourth-order valence-electron chi connectivity index (χ4n) is 5.12. The van der Waals surface area contributed by atoms with E-state index in [2.05, 4.69) is 4.90 Å². The minimum atomic E-state index is -4.34. The van der Waals surface area contributed by atoms with E-state index in [-0.39, 0.29) is 11.7 Å². The maximum Gasteiger partial charge on any atom is 0.416 e. The molecule has 206 valence electrons. The SMILES string of the molecule is O=C(C=CN1CCC(O)(C(O)CN2CCC(c3ccc(C(F)(F)F)cc3)CC2)CC1)c1ccc(Cl)c(Cl)c1. The van der Waals surface area contributed by atoms with Crippen molar-refractivity contribution in [1.29, 1.82) is 0 Å². The Hall–Kier alpha value is -2.10. The van der Waals surface area contributed by atoms with E-state index < -0.39 is 23.4 Å². The van der Waals surface area contributed by atoms with E-state index in [1.54, 1.807) is 30.5 Å². The second-order valence-corrected chi connectivity index (χ2v) is 11.0. The third-order valence-electron chi connectivity index (χ3n) is 7.65. The number of aliphatic hydroxyl groups excluding tert-OH is 1. The molecule has 10 heteroatoms. The average Bonchev–Trinajstić information content (AvgIpc) is 2.90. The van der Waals surface area contributed by atoms with Gasteiger partial charge in [0.25, 0.3) is 0 Å². The molecule has 2 saturated heterocycles. The summed E-state index contributed by atoms with van der Waals surface area (Å²) >= 11 is 11.9. The van der Waals surface area contributed by atoms with Gasteiger partial charge < -0.3 is 20.0 Å². The normalized spacial score (nSPS) is 20.1. The quantitative estimate of drug-likeness (QED) is 0.326. The van der Waals surface area contributed by atoms with Gasteiger partial charge in [0.15, 0.2) is 5.78 Å². The number of carbonyl (C=O) groups excluding carboxylic acids is 1. The van der Waals surface area contributed by atoms with Crippen molar-refractivity contribution >= 4 is 29.0 Å². The van der Waals surface area contributed by atoms with E-state index in [0.29, 0.717) is 61.2 Å². The van der Waals surface area contributed by atoms with Crippen molar-refractivity contribution in [3.05, 3.63) is 81.5 Å². The fraction of sp³-hybridized carbons (Fsp3) is 0.464. The number of likely N-dealkylation sites (tertiary alicyclic amines) is 2. The monoisotopic (exact) mass is 570 g/mol. The fourth-order valence-corrected chi connectivity index (χ4v) is 5.42. The second kappa shape index (κ2) is 12.0. The van der Waals surface area contributed by atoms with Crippen LogP contribution in [-0.4, -0.2) is 70.2 Å². The van der Waals surface area contributed by atoms with Gasteiger partial charge in [-0.25, -0.2) is 0 Å². The van der Waals surface area contributed by atoms with Gasteiger partial charge in [-0.1, -0.05) is 35.3 Å². The summed E-state index contributed by atoms with van der Waals surface area (Å²) < 4.78 is 38.5. The summed E-state index contributed by atoms with van der Waals surface area (Å²) in [6.45, 7) is 2.72. The van der Waals surface area contributed by atoms with Crippen LogP contribution in [0.15, 0.2) is 54.7 Å². The van der Waals surface area contributed by atoms with Crippen molar-refractivity contribution in [2.45, 2.75) is 49.5 Å². The van der Waals surface area contributed by atoms with Gasteiger partial charge >= 0.3 is 6.18 Å². The number of piperidine rings is 2. The lowest BCUT2D eigenvalue weighted by molar-refractivity contribution is -0.137. The first kappa shape index (κ1) is 28.9. The van der Waals surface area contributed by atoms with Crippen LogP contribution in [0.4, 0.5) is 13.2 Å². The number of β-amino-alcohol motifs (C(OH)–C–C–N with tert-alkyl or cyclic N) is 1. The lowest BCUT2D eigenvalue weighted by atomic mass is 9.84. The molecule has 2 fully saturated rings. The molecule has 0 amide bonds. The molecule has 0 radical (unpaired) electrons. The number of hydrogen-bond donors (Lipinski definition) is 2. The Balaban J connectivity index is 1.23. The van der Waals surface area contributed by atoms with Gasteiger partial charge in [0.05, 0.1) is 27.3 Å². The van der Waals surface area contributed by atoms with E-state index in [1.165, 1.54) is 12.1 Å². The maximum atomic E-state index is 12.8. The van der Waals surface area contributed by atoms with Gasteiger partial charge in [0, 0.05) is 37.5 Å². The molecule has 0 aromatic heterocycles. The van der Waals surface area contributed by atoms with Crippen LogP contribution in [0.25, 0.3) is 0 Å². The number of hydrogen-bond acceptors (Lipinski definition) is 5. The number of rotatable bonds is 7. The lowest BCUT2D eigenvalue weighted by Gasteiger charge is -2.43. The summed E-state index contributed by atoms with van der Waals surface area (Å²) in [6.07, 6.45) is 0.180. The Labute approximate surface area is 230 Å². The summed E-state index contributed by atoms with van der Waals surface area (Å²) in [6, 6.07) is 10.1. The smallest absolute Gasteiger partial charge is 0.389 e. The van der Waals surface area contributed by atoms with Crippen molar-refractivity contribution in [2.75, 3.05) is 32.7 Å². The minimum Gasteiger partial charge on any atom is -0.389 e. The zero-order valence-corrected chi connectivity index (χ0v) is 22.3. The van der Waals surface area contributed by atoms with Gasteiger partial charge in [-0.15, -0.1) is 0 Å². The number of alkyl halides is 3. The molecule has 2 aliphatic rings. The second-order valence-electron chi connectivity index (χ2n) is 10.2. The Morgan fingerprint density at radius 1 is 1.03 bits per heavy atom. The van der Waals surface area contributed by atoms with E-state index in [0.717, 1.165) is 30.5 Å². The summed E-state index contributed by atoms with van der Waals surface area (Å²) in [5, 5.41) is 22.7.